The van der Waals surface area contributed by atoms with E-state index < -0.39 is 0 Å². The third-order valence-corrected chi connectivity index (χ3v) is 3.42. The second kappa shape index (κ2) is 5.36. The average molecular weight is 248 g/mol. The van der Waals surface area contributed by atoms with Gasteiger partial charge in [0, 0.05) is 6.54 Å². The summed E-state index contributed by atoms with van der Waals surface area (Å²) in [4.78, 5) is 16.9. The zero-order valence-corrected chi connectivity index (χ0v) is 11.0. The van der Waals surface area contributed by atoms with Gasteiger partial charge in [-0.3, -0.25) is 9.36 Å². The number of hydrogen-bond donors (Lipinski definition) is 0. The normalized spacial score (nSPS) is 10.9. The molecule has 0 saturated heterocycles. The molecule has 3 nitrogen and oxygen atoms in total. The zero-order chi connectivity index (χ0) is 12.3. The van der Waals surface area contributed by atoms with E-state index in [9.17, 15) is 4.79 Å². The van der Waals surface area contributed by atoms with Gasteiger partial charge in [0.25, 0.3) is 5.56 Å². The first-order chi connectivity index (χ1) is 8.27. The van der Waals surface area contributed by atoms with Gasteiger partial charge < -0.3 is 0 Å². The van der Waals surface area contributed by atoms with E-state index in [0.29, 0.717) is 5.39 Å². The molecule has 0 bridgehead atoms. The Morgan fingerprint density at radius 1 is 1.35 bits per heavy atom. The van der Waals surface area contributed by atoms with E-state index in [1.54, 1.807) is 4.57 Å². The van der Waals surface area contributed by atoms with Crippen LogP contribution >= 0.6 is 11.8 Å². The van der Waals surface area contributed by atoms with Gasteiger partial charge in [-0.25, -0.2) is 4.98 Å². The van der Waals surface area contributed by atoms with Gasteiger partial charge in [0.2, 0.25) is 0 Å². The Kier molecular flexibility index (Phi) is 3.84. The lowest BCUT2D eigenvalue weighted by molar-refractivity contribution is 0.558. The molecule has 0 aliphatic rings. The van der Waals surface area contributed by atoms with Crippen molar-refractivity contribution in [3.05, 3.63) is 34.6 Å². The van der Waals surface area contributed by atoms with E-state index in [4.69, 9.17) is 0 Å². The Labute approximate surface area is 105 Å². The van der Waals surface area contributed by atoms with Gasteiger partial charge in [0.1, 0.15) is 0 Å². The highest BCUT2D eigenvalue weighted by atomic mass is 32.2. The van der Waals surface area contributed by atoms with E-state index in [0.717, 1.165) is 30.1 Å². The standard InChI is InChI=1S/C13H16N2OS/c1-3-4-9-15-12(16)10-7-5-6-8-11(10)14-13(15)17-2/h5-8H,3-4,9H2,1-2H3. The summed E-state index contributed by atoms with van der Waals surface area (Å²) >= 11 is 1.53. The lowest BCUT2D eigenvalue weighted by Gasteiger charge is -2.10. The van der Waals surface area contributed by atoms with Crippen LogP contribution in [0.4, 0.5) is 0 Å². The molecule has 2 aromatic rings. The van der Waals surface area contributed by atoms with Crippen LogP contribution in [0.2, 0.25) is 0 Å². The van der Waals surface area contributed by atoms with Crippen molar-refractivity contribution in [3.63, 3.8) is 0 Å². The molecule has 4 heteroatoms. The Hall–Kier alpha value is -1.29. The Bertz CT molecular complexity index is 577. The molecule has 0 unspecified atom stereocenters. The topological polar surface area (TPSA) is 34.9 Å². The van der Waals surface area contributed by atoms with Crippen molar-refractivity contribution < 1.29 is 0 Å². The van der Waals surface area contributed by atoms with Gasteiger partial charge in [-0.15, -0.1) is 0 Å². The SMILES string of the molecule is CCCCn1c(SC)nc2ccccc2c1=O. The van der Waals surface area contributed by atoms with E-state index in [2.05, 4.69) is 11.9 Å². The maximum Gasteiger partial charge on any atom is 0.262 e. The van der Waals surface area contributed by atoms with Crippen molar-refractivity contribution in [2.45, 2.75) is 31.5 Å². The van der Waals surface area contributed by atoms with Crippen LogP contribution in [-0.4, -0.2) is 15.8 Å². The van der Waals surface area contributed by atoms with Crippen LogP contribution in [0, 0.1) is 0 Å². The van der Waals surface area contributed by atoms with Crippen molar-refractivity contribution in [2.75, 3.05) is 6.26 Å². The van der Waals surface area contributed by atoms with Crippen molar-refractivity contribution >= 4 is 22.7 Å². The summed E-state index contributed by atoms with van der Waals surface area (Å²) in [5.74, 6) is 0. The minimum Gasteiger partial charge on any atom is -0.287 e. The van der Waals surface area contributed by atoms with E-state index >= 15 is 0 Å². The summed E-state index contributed by atoms with van der Waals surface area (Å²) in [5, 5.41) is 1.52. The zero-order valence-electron chi connectivity index (χ0n) is 10.1. The number of rotatable bonds is 4. The first-order valence-electron chi connectivity index (χ1n) is 5.81. The Morgan fingerprint density at radius 2 is 2.12 bits per heavy atom. The first-order valence-corrected chi connectivity index (χ1v) is 7.04. The van der Waals surface area contributed by atoms with Crippen molar-refractivity contribution in [1.82, 2.24) is 9.55 Å². The van der Waals surface area contributed by atoms with Gasteiger partial charge >= 0.3 is 0 Å². The van der Waals surface area contributed by atoms with Crippen molar-refractivity contribution in [2.24, 2.45) is 0 Å². The molecule has 90 valence electrons. The molecular formula is C13H16N2OS. The van der Waals surface area contributed by atoms with Crippen LogP contribution in [0.1, 0.15) is 19.8 Å². The van der Waals surface area contributed by atoms with Crippen LogP contribution < -0.4 is 5.56 Å². The average Bonchev–Trinajstić information content (AvgIpc) is 2.37. The number of nitrogens with zero attached hydrogens (tertiary/aromatic N) is 2. The first kappa shape index (κ1) is 12.2. The second-order valence-electron chi connectivity index (χ2n) is 3.93. The highest BCUT2D eigenvalue weighted by Crippen LogP contribution is 2.15. The van der Waals surface area contributed by atoms with Gasteiger partial charge in [-0.2, -0.15) is 0 Å². The van der Waals surface area contributed by atoms with E-state index in [1.807, 2.05) is 30.5 Å². The molecule has 1 aromatic carbocycles. The maximum absolute atomic E-state index is 12.3. The molecule has 0 saturated carbocycles. The highest BCUT2D eigenvalue weighted by molar-refractivity contribution is 7.98. The summed E-state index contributed by atoms with van der Waals surface area (Å²) in [6.45, 7) is 2.88. The fourth-order valence-corrected chi connectivity index (χ4v) is 2.40. The van der Waals surface area contributed by atoms with Gasteiger partial charge in [-0.1, -0.05) is 37.2 Å². The molecule has 0 atom stereocenters. The third kappa shape index (κ3) is 2.36. The molecule has 1 heterocycles. The van der Waals surface area contributed by atoms with Crippen molar-refractivity contribution in [1.29, 1.82) is 0 Å². The van der Waals surface area contributed by atoms with Crippen LogP contribution in [0.5, 0.6) is 0 Å². The molecule has 0 aliphatic carbocycles. The molecule has 1 aromatic heterocycles. The van der Waals surface area contributed by atoms with Crippen molar-refractivity contribution in [3.8, 4) is 0 Å². The second-order valence-corrected chi connectivity index (χ2v) is 4.70. The molecule has 0 aliphatic heterocycles. The lowest BCUT2D eigenvalue weighted by Crippen LogP contribution is -2.23. The largest absolute Gasteiger partial charge is 0.287 e. The van der Waals surface area contributed by atoms with Gasteiger partial charge in [-0.05, 0) is 24.8 Å². The molecule has 17 heavy (non-hydrogen) atoms. The van der Waals surface area contributed by atoms with Crippen LogP contribution in [-0.2, 0) is 6.54 Å². The summed E-state index contributed by atoms with van der Waals surface area (Å²) in [5.41, 5.74) is 0.864. The number of para-hydroxylation sites is 1. The summed E-state index contributed by atoms with van der Waals surface area (Å²) in [7, 11) is 0. The Balaban J connectivity index is 2.63. The number of hydrogen-bond acceptors (Lipinski definition) is 3. The molecule has 0 amide bonds. The van der Waals surface area contributed by atoms with E-state index in [1.165, 1.54) is 11.8 Å². The van der Waals surface area contributed by atoms with Gasteiger partial charge in [0.15, 0.2) is 5.16 Å². The van der Waals surface area contributed by atoms with Crippen LogP contribution in [0.25, 0.3) is 10.9 Å². The molecule has 2 rings (SSSR count). The summed E-state index contributed by atoms with van der Waals surface area (Å²) < 4.78 is 1.79. The number of fused-ring (bicyclic) bond motifs is 1. The Morgan fingerprint density at radius 3 is 2.82 bits per heavy atom. The van der Waals surface area contributed by atoms with E-state index in [-0.39, 0.29) is 5.56 Å². The lowest BCUT2D eigenvalue weighted by atomic mass is 10.2. The quantitative estimate of drug-likeness (QED) is 0.616. The number of benzene rings is 1. The smallest absolute Gasteiger partial charge is 0.262 e. The fourth-order valence-electron chi connectivity index (χ4n) is 1.82. The predicted molar refractivity (Wildman–Crippen MR) is 72.7 cm³/mol. The highest BCUT2D eigenvalue weighted by Gasteiger charge is 2.08. The molecule has 0 fully saturated rings. The number of thioether (sulfide) groups is 1. The monoisotopic (exact) mass is 248 g/mol. The maximum atomic E-state index is 12.3. The van der Waals surface area contributed by atoms with Crippen LogP contribution in [0.15, 0.2) is 34.2 Å². The summed E-state index contributed by atoms with van der Waals surface area (Å²) in [6, 6.07) is 7.53. The molecule has 0 N–H and O–H groups in total. The van der Waals surface area contributed by atoms with Gasteiger partial charge in [0.05, 0.1) is 10.9 Å². The minimum absolute atomic E-state index is 0.0772. The summed E-state index contributed by atoms with van der Waals surface area (Å²) in [6.07, 6.45) is 4.04. The van der Waals surface area contributed by atoms with Crippen LogP contribution in [0.3, 0.4) is 0 Å². The number of unbranched alkanes of at least 4 members (excludes halogenated alkanes) is 1. The minimum atomic E-state index is 0.0772. The third-order valence-electron chi connectivity index (χ3n) is 2.74. The fraction of sp³-hybridized carbons (Fsp3) is 0.385. The number of aromatic nitrogens is 2. The molecular weight excluding hydrogens is 232 g/mol. The predicted octanol–water partition coefficient (Wildman–Crippen LogP) is 2.92. The molecule has 0 radical (unpaired) electrons. The molecule has 0 spiro atoms.